The number of hydrogen-bond acceptors (Lipinski definition) is 4. The summed E-state index contributed by atoms with van der Waals surface area (Å²) < 4.78 is 0. The van der Waals surface area contributed by atoms with Crippen molar-refractivity contribution in [3.05, 3.63) is 0 Å². The number of fused-ring (bicyclic) bond motifs is 2. The van der Waals surface area contributed by atoms with Crippen LogP contribution < -0.4 is 5.32 Å². The van der Waals surface area contributed by atoms with Crippen LogP contribution >= 0.6 is 0 Å². The molecule has 11 heavy (non-hydrogen) atoms. The zero-order chi connectivity index (χ0) is 8.06. The highest BCUT2D eigenvalue weighted by molar-refractivity contribution is 5.01. The molecule has 2 aliphatic heterocycles. The van der Waals surface area contributed by atoms with Gasteiger partial charge in [-0.05, 0) is 12.8 Å². The van der Waals surface area contributed by atoms with Gasteiger partial charge in [0.15, 0.2) is 0 Å². The van der Waals surface area contributed by atoms with Crippen molar-refractivity contribution in [2.24, 2.45) is 0 Å². The first-order chi connectivity index (χ1) is 5.11. The van der Waals surface area contributed by atoms with Crippen LogP contribution in [0.1, 0.15) is 19.3 Å². The van der Waals surface area contributed by atoms with Gasteiger partial charge in [-0.2, -0.15) is 0 Å². The zero-order valence-corrected chi connectivity index (χ0v) is 6.20. The molecule has 0 aliphatic carbocycles. The minimum Gasteiger partial charge on any atom is -0.390 e. The summed E-state index contributed by atoms with van der Waals surface area (Å²) in [5.74, 6) is 0. The first-order valence-corrected chi connectivity index (χ1v) is 3.97. The van der Waals surface area contributed by atoms with E-state index in [1.165, 1.54) is 0 Å². The molecule has 0 radical (unpaired) electrons. The summed E-state index contributed by atoms with van der Waals surface area (Å²) in [4.78, 5) is 0. The number of piperidine rings is 1. The van der Waals surface area contributed by atoms with Gasteiger partial charge in [-0.15, -0.1) is 0 Å². The third-order valence-corrected chi connectivity index (χ3v) is 2.68. The molecular weight excluding hydrogens is 146 g/mol. The molecule has 0 aromatic carbocycles. The van der Waals surface area contributed by atoms with Gasteiger partial charge in [0, 0.05) is 12.5 Å². The average Bonchev–Trinajstić information content (AvgIpc) is 2.25. The molecule has 2 bridgehead atoms. The fourth-order valence-corrected chi connectivity index (χ4v) is 2.04. The second-order valence-corrected chi connectivity index (χ2v) is 3.58. The topological polar surface area (TPSA) is 72.7 Å². The Hall–Kier alpha value is -0.160. The summed E-state index contributed by atoms with van der Waals surface area (Å²) >= 11 is 0. The fourth-order valence-electron chi connectivity index (χ4n) is 2.04. The Morgan fingerprint density at radius 2 is 2.09 bits per heavy atom. The van der Waals surface area contributed by atoms with E-state index in [9.17, 15) is 15.3 Å². The van der Waals surface area contributed by atoms with Crippen LogP contribution in [0.3, 0.4) is 0 Å². The molecule has 2 fully saturated rings. The maximum Gasteiger partial charge on any atom is 0.118 e. The summed E-state index contributed by atoms with van der Waals surface area (Å²) in [6.45, 7) is 0. The van der Waals surface area contributed by atoms with Gasteiger partial charge in [0.1, 0.15) is 5.72 Å². The number of rotatable bonds is 0. The van der Waals surface area contributed by atoms with E-state index in [0.29, 0.717) is 6.42 Å². The van der Waals surface area contributed by atoms with Gasteiger partial charge < -0.3 is 15.3 Å². The molecule has 0 amide bonds. The molecule has 0 saturated carbocycles. The summed E-state index contributed by atoms with van der Waals surface area (Å²) in [5.41, 5.74) is -0.913. The minimum atomic E-state index is -0.913. The Morgan fingerprint density at radius 1 is 1.36 bits per heavy atom. The number of nitrogens with one attached hydrogen (secondary N) is 1. The van der Waals surface area contributed by atoms with Crippen molar-refractivity contribution in [3.63, 3.8) is 0 Å². The molecule has 4 heteroatoms. The van der Waals surface area contributed by atoms with Crippen molar-refractivity contribution < 1.29 is 15.3 Å². The summed E-state index contributed by atoms with van der Waals surface area (Å²) in [6, 6.07) is -0.122. The summed E-state index contributed by atoms with van der Waals surface area (Å²) in [5, 5.41) is 31.1. The Kier molecular flexibility index (Phi) is 1.47. The SMILES string of the molecule is O[C@@H]1[C@H](O)C[C@@]2(O)CC[C@H]1N2. The van der Waals surface area contributed by atoms with E-state index in [0.717, 1.165) is 6.42 Å². The summed E-state index contributed by atoms with van der Waals surface area (Å²) in [6.07, 6.45) is 0.136. The van der Waals surface area contributed by atoms with Gasteiger partial charge in [0.05, 0.1) is 12.2 Å². The van der Waals surface area contributed by atoms with E-state index in [1.54, 1.807) is 0 Å². The standard InChI is InChI=1S/C7H13NO3/c9-5-3-7(11)2-1-4(8-7)6(5)10/h4-6,8-11H,1-3H2/t4-,5-,6+,7+/m1/s1. The third kappa shape index (κ3) is 1.06. The lowest BCUT2D eigenvalue weighted by Crippen LogP contribution is -2.58. The van der Waals surface area contributed by atoms with E-state index < -0.39 is 17.9 Å². The maximum absolute atomic E-state index is 9.63. The lowest BCUT2D eigenvalue weighted by molar-refractivity contribution is -0.102. The zero-order valence-electron chi connectivity index (χ0n) is 6.20. The van der Waals surface area contributed by atoms with Crippen LogP contribution in [-0.4, -0.2) is 39.3 Å². The van der Waals surface area contributed by atoms with Crippen molar-refractivity contribution in [2.45, 2.75) is 43.2 Å². The molecule has 0 spiro atoms. The quantitative estimate of drug-likeness (QED) is 0.349. The van der Waals surface area contributed by atoms with Crippen LogP contribution in [0.15, 0.2) is 0 Å². The van der Waals surface area contributed by atoms with E-state index in [-0.39, 0.29) is 12.5 Å². The van der Waals surface area contributed by atoms with Crippen LogP contribution in [0.25, 0.3) is 0 Å². The molecule has 4 atom stereocenters. The highest BCUT2D eigenvalue weighted by Gasteiger charge is 2.48. The molecule has 0 aromatic heterocycles. The van der Waals surface area contributed by atoms with E-state index >= 15 is 0 Å². The maximum atomic E-state index is 9.63. The van der Waals surface area contributed by atoms with Crippen LogP contribution in [0.4, 0.5) is 0 Å². The van der Waals surface area contributed by atoms with Gasteiger partial charge in [-0.3, -0.25) is 5.32 Å². The van der Waals surface area contributed by atoms with E-state index in [2.05, 4.69) is 5.32 Å². The molecule has 2 rings (SSSR count). The van der Waals surface area contributed by atoms with Crippen molar-refractivity contribution in [3.8, 4) is 0 Å². The van der Waals surface area contributed by atoms with Crippen molar-refractivity contribution in [1.82, 2.24) is 5.32 Å². The smallest absolute Gasteiger partial charge is 0.118 e. The van der Waals surface area contributed by atoms with Gasteiger partial charge in [-0.25, -0.2) is 0 Å². The predicted molar refractivity (Wildman–Crippen MR) is 37.7 cm³/mol. The molecular formula is C7H13NO3. The average molecular weight is 159 g/mol. The molecule has 0 unspecified atom stereocenters. The second kappa shape index (κ2) is 2.17. The van der Waals surface area contributed by atoms with Crippen molar-refractivity contribution >= 4 is 0 Å². The van der Waals surface area contributed by atoms with Crippen molar-refractivity contribution in [2.75, 3.05) is 0 Å². The highest BCUT2D eigenvalue weighted by Crippen LogP contribution is 2.33. The molecule has 0 aromatic rings. The Bertz CT molecular complexity index is 175. The Morgan fingerprint density at radius 3 is 2.82 bits per heavy atom. The monoisotopic (exact) mass is 159 g/mol. The van der Waals surface area contributed by atoms with Crippen LogP contribution in [0.5, 0.6) is 0 Å². The summed E-state index contributed by atoms with van der Waals surface area (Å²) in [7, 11) is 0. The normalized spacial score (nSPS) is 56.5. The second-order valence-electron chi connectivity index (χ2n) is 3.58. The number of aliphatic hydroxyl groups excluding tert-OH is 2. The largest absolute Gasteiger partial charge is 0.390 e. The molecule has 4 nitrogen and oxygen atoms in total. The van der Waals surface area contributed by atoms with Crippen LogP contribution in [0.2, 0.25) is 0 Å². The molecule has 4 N–H and O–H groups in total. The van der Waals surface area contributed by atoms with Crippen LogP contribution in [0, 0.1) is 0 Å². The highest BCUT2D eigenvalue weighted by atomic mass is 16.3. The minimum absolute atomic E-state index is 0.122. The van der Waals surface area contributed by atoms with Crippen LogP contribution in [-0.2, 0) is 0 Å². The molecule has 2 heterocycles. The lowest BCUT2D eigenvalue weighted by Gasteiger charge is -2.36. The first kappa shape index (κ1) is 7.49. The Labute approximate surface area is 64.8 Å². The van der Waals surface area contributed by atoms with Gasteiger partial charge >= 0.3 is 0 Å². The third-order valence-electron chi connectivity index (χ3n) is 2.68. The predicted octanol–water partition coefficient (Wildman–Crippen LogP) is -1.45. The van der Waals surface area contributed by atoms with E-state index in [1.807, 2.05) is 0 Å². The number of aliphatic hydroxyl groups is 3. The van der Waals surface area contributed by atoms with Gasteiger partial charge in [-0.1, -0.05) is 0 Å². The first-order valence-electron chi connectivity index (χ1n) is 3.97. The lowest BCUT2D eigenvalue weighted by atomic mass is 9.97. The fraction of sp³-hybridized carbons (Fsp3) is 1.00. The molecule has 2 saturated heterocycles. The molecule has 2 aliphatic rings. The van der Waals surface area contributed by atoms with E-state index in [4.69, 9.17) is 0 Å². The number of hydrogen-bond donors (Lipinski definition) is 4. The van der Waals surface area contributed by atoms with Crippen molar-refractivity contribution in [1.29, 1.82) is 0 Å². The van der Waals surface area contributed by atoms with Gasteiger partial charge in [0.2, 0.25) is 0 Å². The Balaban J connectivity index is 2.17. The molecule has 64 valence electrons. The van der Waals surface area contributed by atoms with Gasteiger partial charge in [0.25, 0.3) is 0 Å².